The van der Waals surface area contributed by atoms with Crippen LogP contribution in [0.2, 0.25) is 6.32 Å². The molecular formula is C35H39BN3. The zero-order valence-corrected chi connectivity index (χ0v) is 23.8. The summed E-state index contributed by atoms with van der Waals surface area (Å²) in [7, 11) is 2.38. The fraction of sp³-hybridized carbons (Fsp3) is 0.286. The first-order valence-corrected chi connectivity index (χ1v) is 13.9. The second kappa shape index (κ2) is 11.2. The molecule has 39 heavy (non-hydrogen) atoms. The summed E-state index contributed by atoms with van der Waals surface area (Å²) in [5.41, 5.74) is 7.54. The molecule has 197 valence electrons. The minimum absolute atomic E-state index is 0.0448. The van der Waals surface area contributed by atoms with Crippen molar-refractivity contribution in [2.24, 2.45) is 15.8 Å². The largest absolute Gasteiger partial charge is 0.350 e. The van der Waals surface area contributed by atoms with E-state index in [4.69, 9.17) is 4.99 Å². The first kappa shape index (κ1) is 27.0. The number of amidine groups is 1. The van der Waals surface area contributed by atoms with Crippen LogP contribution in [0.1, 0.15) is 63.6 Å². The molecule has 1 radical (unpaired) electrons. The van der Waals surface area contributed by atoms with Gasteiger partial charge in [0.2, 0.25) is 0 Å². The van der Waals surface area contributed by atoms with Crippen LogP contribution < -0.4 is 16.1 Å². The molecule has 0 fully saturated rings. The van der Waals surface area contributed by atoms with Crippen molar-refractivity contribution < 1.29 is 0 Å². The van der Waals surface area contributed by atoms with Gasteiger partial charge < -0.3 is 5.32 Å². The molecule has 4 aromatic rings. The zero-order chi connectivity index (χ0) is 27.5. The van der Waals surface area contributed by atoms with Crippen LogP contribution in [0.3, 0.4) is 0 Å². The van der Waals surface area contributed by atoms with Gasteiger partial charge in [0, 0.05) is 5.56 Å². The topological polar surface area (TPSA) is 36.4 Å². The van der Waals surface area contributed by atoms with E-state index in [1.165, 1.54) is 22.2 Å². The maximum absolute atomic E-state index is 5.12. The Morgan fingerprint density at radius 2 is 1.26 bits per heavy atom. The summed E-state index contributed by atoms with van der Waals surface area (Å²) in [6.07, 6.45) is 0.854. The summed E-state index contributed by atoms with van der Waals surface area (Å²) < 4.78 is 0. The second-order valence-corrected chi connectivity index (χ2v) is 12.2. The Labute approximate surface area is 235 Å². The standard InChI is InChI=1S/C35H39BN3/c1-34(2,3)35(4,5)24-36-30-21-13-19-28(23-30)27-18-12-20-29(22-27)33-38-31(25-14-8-6-9-15-25)37-32(39-33)26-16-10-7-11-17-26/h6-23,31-32,37H,24H2,1-5H3,(H,38,39). The van der Waals surface area contributed by atoms with Crippen molar-refractivity contribution >= 4 is 18.6 Å². The van der Waals surface area contributed by atoms with E-state index in [-0.39, 0.29) is 23.2 Å². The van der Waals surface area contributed by atoms with Crippen LogP contribution in [0.5, 0.6) is 0 Å². The van der Waals surface area contributed by atoms with Crippen molar-refractivity contribution in [2.75, 3.05) is 0 Å². The predicted molar refractivity (Wildman–Crippen MR) is 166 cm³/mol. The normalized spacial score (nSPS) is 17.7. The third-order valence-corrected chi connectivity index (χ3v) is 8.35. The van der Waals surface area contributed by atoms with Gasteiger partial charge >= 0.3 is 0 Å². The smallest absolute Gasteiger partial charge is 0.152 e. The lowest BCUT2D eigenvalue weighted by Gasteiger charge is -2.39. The van der Waals surface area contributed by atoms with Gasteiger partial charge in [0.25, 0.3) is 0 Å². The van der Waals surface area contributed by atoms with Gasteiger partial charge in [0.1, 0.15) is 18.2 Å². The second-order valence-electron chi connectivity index (χ2n) is 12.2. The lowest BCUT2D eigenvalue weighted by Crippen LogP contribution is -2.44. The summed E-state index contributed by atoms with van der Waals surface area (Å²) in [6.45, 7) is 11.7. The summed E-state index contributed by atoms with van der Waals surface area (Å²) in [4.78, 5) is 5.12. The van der Waals surface area contributed by atoms with Gasteiger partial charge in [0.15, 0.2) is 7.28 Å². The molecule has 5 rings (SSSR count). The van der Waals surface area contributed by atoms with Crippen LogP contribution in [0, 0.1) is 10.8 Å². The molecule has 0 saturated heterocycles. The molecule has 1 heterocycles. The predicted octanol–water partition coefficient (Wildman–Crippen LogP) is 7.51. The van der Waals surface area contributed by atoms with Crippen LogP contribution in [-0.4, -0.2) is 13.1 Å². The highest BCUT2D eigenvalue weighted by Crippen LogP contribution is 2.40. The van der Waals surface area contributed by atoms with Crippen LogP contribution in [0.25, 0.3) is 11.1 Å². The van der Waals surface area contributed by atoms with Crippen LogP contribution in [-0.2, 0) is 0 Å². The van der Waals surface area contributed by atoms with Crippen molar-refractivity contribution in [2.45, 2.75) is 53.3 Å². The maximum atomic E-state index is 5.12. The molecule has 2 atom stereocenters. The molecule has 1 aliphatic heterocycles. The van der Waals surface area contributed by atoms with Crippen molar-refractivity contribution in [1.29, 1.82) is 0 Å². The average Bonchev–Trinajstić information content (AvgIpc) is 2.96. The minimum Gasteiger partial charge on any atom is -0.350 e. The van der Waals surface area contributed by atoms with E-state index < -0.39 is 0 Å². The van der Waals surface area contributed by atoms with Crippen molar-refractivity contribution in [3.63, 3.8) is 0 Å². The number of nitrogens with one attached hydrogen (secondary N) is 2. The number of hydrogen-bond donors (Lipinski definition) is 2. The van der Waals surface area contributed by atoms with Gasteiger partial charge in [0.05, 0.1) is 0 Å². The molecule has 0 spiro atoms. The van der Waals surface area contributed by atoms with Crippen molar-refractivity contribution in [3.05, 3.63) is 126 Å². The van der Waals surface area contributed by atoms with Crippen molar-refractivity contribution in [3.8, 4) is 11.1 Å². The van der Waals surface area contributed by atoms with Gasteiger partial charge in [-0.25, -0.2) is 4.99 Å². The number of aliphatic imine (C=N–C) groups is 1. The van der Waals surface area contributed by atoms with E-state index in [1.54, 1.807) is 0 Å². The van der Waals surface area contributed by atoms with Gasteiger partial charge in [-0.1, -0.05) is 150 Å². The zero-order valence-electron chi connectivity index (χ0n) is 23.8. The fourth-order valence-electron chi connectivity index (χ4n) is 4.70. The first-order chi connectivity index (χ1) is 18.7. The van der Waals surface area contributed by atoms with Gasteiger partial charge in [-0.15, -0.1) is 0 Å². The third-order valence-electron chi connectivity index (χ3n) is 8.35. The van der Waals surface area contributed by atoms with E-state index in [0.29, 0.717) is 0 Å². The Morgan fingerprint density at radius 3 is 1.92 bits per heavy atom. The minimum atomic E-state index is -0.139. The highest BCUT2D eigenvalue weighted by Gasteiger charge is 2.32. The first-order valence-electron chi connectivity index (χ1n) is 13.9. The molecular weight excluding hydrogens is 473 g/mol. The molecule has 0 aromatic heterocycles. The summed E-state index contributed by atoms with van der Waals surface area (Å²) in [5.74, 6) is 0.896. The van der Waals surface area contributed by atoms with Crippen molar-refractivity contribution in [1.82, 2.24) is 10.6 Å². The van der Waals surface area contributed by atoms with Gasteiger partial charge in [-0.05, 0) is 39.2 Å². The molecule has 1 aliphatic rings. The Morgan fingerprint density at radius 1 is 0.667 bits per heavy atom. The molecule has 4 heteroatoms. The summed E-state index contributed by atoms with van der Waals surface area (Å²) in [5, 5.41) is 7.33. The Kier molecular flexibility index (Phi) is 7.77. The Balaban J connectivity index is 1.43. The molecule has 0 saturated carbocycles. The van der Waals surface area contributed by atoms with E-state index in [0.717, 1.165) is 23.3 Å². The lowest BCUT2D eigenvalue weighted by atomic mass is 9.53. The molecule has 2 unspecified atom stereocenters. The maximum Gasteiger partial charge on any atom is 0.152 e. The highest BCUT2D eigenvalue weighted by molar-refractivity contribution is 6.53. The number of nitrogens with zero attached hydrogens (tertiary/aromatic N) is 1. The molecule has 2 N–H and O–H groups in total. The highest BCUT2D eigenvalue weighted by atomic mass is 15.3. The molecule has 0 bridgehead atoms. The molecule has 4 aromatic carbocycles. The molecule has 0 aliphatic carbocycles. The van der Waals surface area contributed by atoms with E-state index in [9.17, 15) is 0 Å². The molecule has 3 nitrogen and oxygen atoms in total. The monoisotopic (exact) mass is 512 g/mol. The third kappa shape index (κ3) is 6.34. The summed E-state index contributed by atoms with van der Waals surface area (Å²) >= 11 is 0. The van der Waals surface area contributed by atoms with E-state index in [1.807, 2.05) is 6.07 Å². The quantitative estimate of drug-likeness (QED) is 0.252. The van der Waals surface area contributed by atoms with E-state index in [2.05, 4.69) is 156 Å². The Bertz CT molecular complexity index is 1420. The average molecular weight is 513 g/mol. The number of benzene rings is 4. The fourth-order valence-corrected chi connectivity index (χ4v) is 4.70. The van der Waals surface area contributed by atoms with E-state index >= 15 is 0 Å². The lowest BCUT2D eigenvalue weighted by molar-refractivity contribution is 0.157. The van der Waals surface area contributed by atoms with Crippen LogP contribution in [0.4, 0.5) is 0 Å². The number of hydrogen-bond acceptors (Lipinski definition) is 3. The van der Waals surface area contributed by atoms with Gasteiger partial charge in [-0.2, -0.15) is 0 Å². The van der Waals surface area contributed by atoms with Crippen LogP contribution in [0.15, 0.2) is 114 Å². The van der Waals surface area contributed by atoms with Gasteiger partial charge in [-0.3, -0.25) is 5.32 Å². The number of rotatable bonds is 7. The molecule has 0 amide bonds. The summed E-state index contributed by atoms with van der Waals surface area (Å²) in [6, 6.07) is 38.5. The SMILES string of the molecule is CC(C)(C)C(C)(C)C[B]c1cccc(-c2cccc(C3=NC(c4ccccc4)NC(c4ccccc4)N3)c2)c1. The van der Waals surface area contributed by atoms with Crippen LogP contribution >= 0.6 is 0 Å². The Hall–Kier alpha value is -3.63.